The van der Waals surface area contributed by atoms with Crippen LogP contribution in [0.15, 0.2) is 55.0 Å². The van der Waals surface area contributed by atoms with Crippen molar-refractivity contribution >= 4 is 33.3 Å². The lowest BCUT2D eigenvalue weighted by Gasteiger charge is -2.08. The van der Waals surface area contributed by atoms with Crippen LogP contribution >= 0.6 is 0 Å². The Hall–Kier alpha value is -2.95. The highest BCUT2D eigenvalue weighted by atomic mass is 19.1. The summed E-state index contributed by atoms with van der Waals surface area (Å²) in [4.78, 5) is 11.5. The summed E-state index contributed by atoms with van der Waals surface area (Å²) in [6.07, 6.45) is 3.33. The third kappa shape index (κ3) is 2.08. The Kier molecular flexibility index (Phi) is 2.57. The zero-order valence-corrected chi connectivity index (χ0v) is 11.0. The van der Waals surface area contributed by atoms with Gasteiger partial charge in [0, 0.05) is 34.2 Å². The van der Waals surface area contributed by atoms with Crippen LogP contribution in [0, 0.1) is 5.82 Å². The van der Waals surface area contributed by atoms with E-state index in [0.29, 0.717) is 11.3 Å². The highest BCUT2D eigenvalue weighted by molar-refractivity contribution is 5.92. The van der Waals surface area contributed by atoms with Crippen LogP contribution in [-0.4, -0.2) is 15.0 Å². The van der Waals surface area contributed by atoms with Crippen molar-refractivity contribution < 1.29 is 4.39 Å². The van der Waals surface area contributed by atoms with E-state index < -0.39 is 0 Å². The molecular weight excluding hydrogens is 267 g/mol. The highest BCUT2D eigenvalue weighted by Crippen LogP contribution is 2.25. The Bertz CT molecular complexity index is 945. The minimum absolute atomic E-state index is 0.305. The van der Waals surface area contributed by atoms with Crippen LogP contribution in [-0.2, 0) is 0 Å². The molecule has 0 fully saturated rings. The average molecular weight is 278 g/mol. The first-order valence-electron chi connectivity index (χ1n) is 6.54. The monoisotopic (exact) mass is 278 g/mol. The van der Waals surface area contributed by atoms with E-state index in [4.69, 9.17) is 0 Å². The molecule has 0 aliphatic carbocycles. The lowest BCUT2D eigenvalue weighted by molar-refractivity contribution is 0.629. The Morgan fingerprint density at radius 2 is 1.95 bits per heavy atom. The summed E-state index contributed by atoms with van der Waals surface area (Å²) < 4.78 is 13.2. The minimum atomic E-state index is -0.305. The number of aromatic amines is 1. The molecule has 2 aromatic heterocycles. The number of anilines is 2. The first kappa shape index (κ1) is 11.8. The number of hydrogen-bond acceptors (Lipinski definition) is 3. The Balaban J connectivity index is 1.79. The number of fused-ring (bicyclic) bond motifs is 2. The molecule has 2 heterocycles. The van der Waals surface area contributed by atoms with Gasteiger partial charge in [-0.05, 0) is 36.4 Å². The van der Waals surface area contributed by atoms with E-state index in [1.807, 2.05) is 30.5 Å². The highest BCUT2D eigenvalue weighted by Gasteiger charge is 2.05. The molecular formula is C16H11FN4. The Morgan fingerprint density at radius 1 is 1.00 bits per heavy atom. The molecule has 0 radical (unpaired) electrons. The fourth-order valence-electron chi connectivity index (χ4n) is 2.40. The number of halogens is 1. The van der Waals surface area contributed by atoms with Gasteiger partial charge in [-0.15, -0.1) is 0 Å². The molecule has 0 atom stereocenters. The van der Waals surface area contributed by atoms with Crippen LogP contribution in [0.3, 0.4) is 0 Å². The Morgan fingerprint density at radius 3 is 2.90 bits per heavy atom. The normalized spacial score (nSPS) is 11.1. The van der Waals surface area contributed by atoms with Crippen LogP contribution in [0.5, 0.6) is 0 Å². The smallest absolute Gasteiger partial charge is 0.141 e. The van der Waals surface area contributed by atoms with Gasteiger partial charge in [0.1, 0.15) is 18.0 Å². The van der Waals surface area contributed by atoms with Crippen LogP contribution in [0.25, 0.3) is 21.8 Å². The topological polar surface area (TPSA) is 53.6 Å². The number of hydrogen-bond donors (Lipinski definition) is 2. The van der Waals surface area contributed by atoms with Crippen LogP contribution in [0.1, 0.15) is 0 Å². The molecule has 0 saturated heterocycles. The molecule has 4 nitrogen and oxygen atoms in total. The zero-order valence-electron chi connectivity index (χ0n) is 11.0. The van der Waals surface area contributed by atoms with Gasteiger partial charge >= 0.3 is 0 Å². The van der Waals surface area contributed by atoms with Crippen molar-refractivity contribution in [1.82, 2.24) is 15.0 Å². The standard InChI is InChI=1S/C16H11FN4/c17-11-1-3-13-15(8-11)19-9-20-16(13)21-12-2-4-14-10(7-12)5-6-18-14/h1-9,18H,(H,19,20,21). The largest absolute Gasteiger partial charge is 0.361 e. The second kappa shape index (κ2) is 4.56. The lowest BCUT2D eigenvalue weighted by atomic mass is 10.2. The SMILES string of the molecule is Fc1ccc2c(Nc3ccc4[nH]ccc4c3)ncnc2c1. The molecule has 102 valence electrons. The number of benzene rings is 2. The van der Waals surface area contributed by atoms with E-state index in [9.17, 15) is 4.39 Å². The molecule has 0 aliphatic rings. The van der Waals surface area contributed by atoms with E-state index >= 15 is 0 Å². The van der Waals surface area contributed by atoms with E-state index in [1.54, 1.807) is 6.07 Å². The summed E-state index contributed by atoms with van der Waals surface area (Å²) in [5.74, 6) is 0.357. The molecule has 0 amide bonds. The third-order valence-corrected chi connectivity index (χ3v) is 3.41. The van der Waals surface area contributed by atoms with Crippen LogP contribution in [0.2, 0.25) is 0 Å². The molecule has 0 saturated carbocycles. The van der Waals surface area contributed by atoms with Gasteiger partial charge in [-0.2, -0.15) is 0 Å². The van der Waals surface area contributed by atoms with Crippen molar-refractivity contribution in [2.24, 2.45) is 0 Å². The summed E-state index contributed by atoms with van der Waals surface area (Å²) in [5.41, 5.74) is 2.58. The fourth-order valence-corrected chi connectivity index (χ4v) is 2.40. The maximum absolute atomic E-state index is 13.2. The van der Waals surface area contributed by atoms with Gasteiger partial charge in [-0.3, -0.25) is 0 Å². The number of H-pyrrole nitrogens is 1. The predicted molar refractivity (Wildman–Crippen MR) is 81.1 cm³/mol. The van der Waals surface area contributed by atoms with Crippen LogP contribution < -0.4 is 5.32 Å². The first-order chi connectivity index (χ1) is 10.3. The van der Waals surface area contributed by atoms with Crippen molar-refractivity contribution in [2.75, 3.05) is 5.32 Å². The number of aromatic nitrogens is 3. The molecule has 0 bridgehead atoms. The van der Waals surface area contributed by atoms with Crippen molar-refractivity contribution in [3.05, 3.63) is 60.8 Å². The zero-order chi connectivity index (χ0) is 14.2. The van der Waals surface area contributed by atoms with Crippen molar-refractivity contribution in [3.63, 3.8) is 0 Å². The van der Waals surface area contributed by atoms with Gasteiger partial charge in [0.05, 0.1) is 5.52 Å². The van der Waals surface area contributed by atoms with Crippen molar-refractivity contribution in [3.8, 4) is 0 Å². The third-order valence-electron chi connectivity index (χ3n) is 3.41. The van der Waals surface area contributed by atoms with Gasteiger partial charge in [0.2, 0.25) is 0 Å². The molecule has 0 aliphatic heterocycles. The van der Waals surface area contributed by atoms with Crippen LogP contribution in [0.4, 0.5) is 15.9 Å². The molecule has 0 spiro atoms. The Labute approximate surface area is 119 Å². The van der Waals surface area contributed by atoms with E-state index in [1.165, 1.54) is 18.5 Å². The molecule has 0 unspecified atom stereocenters. The quantitative estimate of drug-likeness (QED) is 0.583. The van der Waals surface area contributed by atoms with E-state index in [2.05, 4.69) is 20.3 Å². The second-order valence-electron chi connectivity index (χ2n) is 4.79. The first-order valence-corrected chi connectivity index (χ1v) is 6.54. The number of nitrogens with zero attached hydrogens (tertiary/aromatic N) is 2. The predicted octanol–water partition coefficient (Wildman–Crippen LogP) is 3.99. The van der Waals surface area contributed by atoms with Gasteiger partial charge in [0.15, 0.2) is 0 Å². The summed E-state index contributed by atoms with van der Waals surface area (Å²) in [6.45, 7) is 0. The molecule has 4 rings (SSSR count). The fraction of sp³-hybridized carbons (Fsp3) is 0. The molecule has 5 heteroatoms. The number of rotatable bonds is 2. The van der Waals surface area contributed by atoms with Gasteiger partial charge < -0.3 is 10.3 Å². The molecule has 2 N–H and O–H groups in total. The summed E-state index contributed by atoms with van der Waals surface area (Å²) >= 11 is 0. The van der Waals surface area contributed by atoms with E-state index in [0.717, 1.165) is 22.0 Å². The molecule has 21 heavy (non-hydrogen) atoms. The lowest BCUT2D eigenvalue weighted by Crippen LogP contribution is -1.96. The second-order valence-corrected chi connectivity index (χ2v) is 4.79. The average Bonchev–Trinajstić information content (AvgIpc) is 2.95. The van der Waals surface area contributed by atoms with Crippen molar-refractivity contribution in [2.45, 2.75) is 0 Å². The summed E-state index contributed by atoms with van der Waals surface area (Å²) in [7, 11) is 0. The summed E-state index contributed by atoms with van der Waals surface area (Å²) in [5, 5.41) is 5.16. The minimum Gasteiger partial charge on any atom is -0.361 e. The maximum atomic E-state index is 13.2. The molecule has 2 aromatic carbocycles. The number of nitrogens with one attached hydrogen (secondary N) is 2. The van der Waals surface area contributed by atoms with Crippen molar-refractivity contribution in [1.29, 1.82) is 0 Å². The maximum Gasteiger partial charge on any atom is 0.141 e. The van der Waals surface area contributed by atoms with Gasteiger partial charge in [-0.1, -0.05) is 0 Å². The molecule has 4 aromatic rings. The van der Waals surface area contributed by atoms with Gasteiger partial charge in [0.25, 0.3) is 0 Å². The van der Waals surface area contributed by atoms with E-state index in [-0.39, 0.29) is 5.82 Å². The summed E-state index contributed by atoms with van der Waals surface area (Å²) in [6, 6.07) is 12.5. The van der Waals surface area contributed by atoms with Gasteiger partial charge in [-0.25, -0.2) is 14.4 Å².